The second kappa shape index (κ2) is 11.6. The number of carbonyl (C=O) groups excluding carboxylic acids is 1. The van der Waals surface area contributed by atoms with E-state index in [4.69, 9.17) is 4.74 Å². The van der Waals surface area contributed by atoms with Crippen molar-refractivity contribution in [1.82, 2.24) is 10.0 Å². The summed E-state index contributed by atoms with van der Waals surface area (Å²) in [6, 6.07) is 24.1. The number of benzene rings is 3. The molecule has 0 saturated heterocycles. The summed E-state index contributed by atoms with van der Waals surface area (Å²) in [7, 11) is -2.45. The first kappa shape index (κ1) is 24.5. The van der Waals surface area contributed by atoms with E-state index in [1.165, 1.54) is 24.8 Å². The number of carbonyl (C=O) groups is 1. The first-order chi connectivity index (χ1) is 15.9. The van der Waals surface area contributed by atoms with Gasteiger partial charge in [0.1, 0.15) is 10.6 Å². The van der Waals surface area contributed by atoms with E-state index in [1.807, 2.05) is 55.5 Å². The first-order valence-corrected chi connectivity index (χ1v) is 12.4. The van der Waals surface area contributed by atoms with E-state index in [0.717, 1.165) is 18.4 Å². The summed E-state index contributed by atoms with van der Waals surface area (Å²) in [5, 5.41) is 2.95. The van der Waals surface area contributed by atoms with Crippen LogP contribution in [0.25, 0.3) is 0 Å². The van der Waals surface area contributed by atoms with Crippen LogP contribution in [-0.2, 0) is 22.9 Å². The molecule has 0 radical (unpaired) electrons. The molecule has 2 N–H and O–H groups in total. The summed E-state index contributed by atoms with van der Waals surface area (Å²) in [5.41, 5.74) is 2.51. The highest BCUT2D eigenvalue weighted by molar-refractivity contribution is 7.89. The Morgan fingerprint density at radius 1 is 0.909 bits per heavy atom. The van der Waals surface area contributed by atoms with Crippen LogP contribution in [0, 0.1) is 0 Å². The molecule has 1 atom stereocenters. The lowest BCUT2D eigenvalue weighted by Crippen LogP contribution is -2.33. The Bertz CT molecular complexity index is 1150. The molecule has 0 fully saturated rings. The summed E-state index contributed by atoms with van der Waals surface area (Å²) in [4.78, 5) is 12.7. The lowest BCUT2D eigenvalue weighted by Gasteiger charge is -2.16. The van der Waals surface area contributed by atoms with Gasteiger partial charge in [0.15, 0.2) is 0 Å². The molecule has 0 spiro atoms. The maximum atomic E-state index is 12.9. The van der Waals surface area contributed by atoms with E-state index in [9.17, 15) is 13.2 Å². The fourth-order valence-electron chi connectivity index (χ4n) is 3.49. The Morgan fingerprint density at radius 2 is 1.52 bits per heavy atom. The van der Waals surface area contributed by atoms with Gasteiger partial charge in [0.25, 0.3) is 5.91 Å². The van der Waals surface area contributed by atoms with Crippen LogP contribution in [0.5, 0.6) is 5.75 Å². The number of methoxy groups -OCH3 is 1. The molecular weight excluding hydrogens is 436 g/mol. The van der Waals surface area contributed by atoms with E-state index < -0.39 is 10.0 Å². The number of amides is 1. The molecule has 0 aliphatic heterocycles. The highest BCUT2D eigenvalue weighted by atomic mass is 32.2. The van der Waals surface area contributed by atoms with Crippen molar-refractivity contribution < 1.29 is 17.9 Å². The monoisotopic (exact) mass is 466 g/mol. The van der Waals surface area contributed by atoms with Gasteiger partial charge in [-0.1, -0.05) is 60.7 Å². The minimum Gasteiger partial charge on any atom is -0.495 e. The average molecular weight is 467 g/mol. The normalized spacial score (nSPS) is 12.2. The number of sulfonamides is 1. The van der Waals surface area contributed by atoms with Gasteiger partial charge in [-0.25, -0.2) is 13.1 Å². The van der Waals surface area contributed by atoms with E-state index in [2.05, 4.69) is 22.2 Å². The van der Waals surface area contributed by atoms with Crippen molar-refractivity contribution in [3.63, 3.8) is 0 Å². The summed E-state index contributed by atoms with van der Waals surface area (Å²) in [6.07, 6.45) is 2.18. The van der Waals surface area contributed by atoms with Gasteiger partial charge in [0.05, 0.1) is 7.11 Å². The Morgan fingerprint density at radius 3 is 2.12 bits per heavy atom. The highest BCUT2D eigenvalue weighted by Crippen LogP contribution is 2.25. The molecule has 0 aliphatic carbocycles. The maximum Gasteiger partial charge on any atom is 0.251 e. The van der Waals surface area contributed by atoms with E-state index in [0.29, 0.717) is 6.42 Å². The molecule has 0 heterocycles. The van der Waals surface area contributed by atoms with Gasteiger partial charge in [-0.3, -0.25) is 4.79 Å². The van der Waals surface area contributed by atoms with Gasteiger partial charge in [0, 0.05) is 18.2 Å². The minimum absolute atomic E-state index is 0.0531. The van der Waals surface area contributed by atoms with Crippen LogP contribution in [0.1, 0.15) is 34.8 Å². The zero-order valence-electron chi connectivity index (χ0n) is 19.0. The van der Waals surface area contributed by atoms with Crippen molar-refractivity contribution in [3.05, 3.63) is 95.6 Å². The Labute approximate surface area is 196 Å². The van der Waals surface area contributed by atoms with E-state index in [-0.39, 0.29) is 34.7 Å². The predicted molar refractivity (Wildman–Crippen MR) is 130 cm³/mol. The third-order valence-corrected chi connectivity index (χ3v) is 6.83. The maximum absolute atomic E-state index is 12.9. The molecule has 0 saturated carbocycles. The molecule has 0 aliphatic rings. The molecule has 3 aromatic carbocycles. The van der Waals surface area contributed by atoms with Crippen molar-refractivity contribution in [2.75, 3.05) is 13.7 Å². The van der Waals surface area contributed by atoms with Gasteiger partial charge in [-0.15, -0.1) is 0 Å². The summed E-state index contributed by atoms with van der Waals surface area (Å²) in [6.45, 7) is 2.18. The van der Waals surface area contributed by atoms with E-state index in [1.54, 1.807) is 6.07 Å². The summed E-state index contributed by atoms with van der Waals surface area (Å²) >= 11 is 0. The van der Waals surface area contributed by atoms with Gasteiger partial charge in [-0.2, -0.15) is 0 Å². The molecule has 3 rings (SSSR count). The summed E-state index contributed by atoms with van der Waals surface area (Å²) < 4.78 is 33.7. The van der Waals surface area contributed by atoms with Gasteiger partial charge in [-0.05, 0) is 55.5 Å². The molecule has 1 unspecified atom stereocenters. The minimum atomic E-state index is -3.86. The third-order valence-electron chi connectivity index (χ3n) is 5.35. The van der Waals surface area contributed by atoms with Crippen molar-refractivity contribution in [3.8, 4) is 5.75 Å². The van der Waals surface area contributed by atoms with Crippen LogP contribution in [0.3, 0.4) is 0 Å². The van der Waals surface area contributed by atoms with Crippen LogP contribution in [0.4, 0.5) is 0 Å². The molecule has 0 aromatic heterocycles. The quantitative estimate of drug-likeness (QED) is 0.448. The largest absolute Gasteiger partial charge is 0.495 e. The molecule has 174 valence electrons. The Balaban J connectivity index is 1.65. The van der Waals surface area contributed by atoms with Crippen molar-refractivity contribution >= 4 is 15.9 Å². The lowest BCUT2D eigenvalue weighted by molar-refractivity contribution is 0.0938. The number of hydrogen-bond donors (Lipinski definition) is 2. The van der Waals surface area contributed by atoms with Crippen LogP contribution in [0.15, 0.2) is 83.8 Å². The Kier molecular flexibility index (Phi) is 8.63. The highest BCUT2D eigenvalue weighted by Gasteiger charge is 2.22. The van der Waals surface area contributed by atoms with Gasteiger partial charge < -0.3 is 10.1 Å². The number of aryl methyl sites for hydroxylation is 1. The van der Waals surface area contributed by atoms with Crippen molar-refractivity contribution in [2.45, 2.75) is 37.1 Å². The van der Waals surface area contributed by atoms with E-state index >= 15 is 0 Å². The zero-order chi connectivity index (χ0) is 23.7. The molecule has 6 nitrogen and oxygen atoms in total. The standard InChI is InChI=1S/C26H30N2O4S/c1-20(13-14-21-9-5-3-6-10-21)28-26(29)23-15-16-24(32-2)25(19-23)33(30,31)27-18-17-22-11-7-4-8-12-22/h3-12,15-16,19-20,27H,13-14,17-18H2,1-2H3,(H,28,29). The van der Waals surface area contributed by atoms with Crippen molar-refractivity contribution in [1.29, 1.82) is 0 Å². The molecule has 0 bridgehead atoms. The molecule has 1 amide bonds. The van der Waals surface area contributed by atoms with Crippen molar-refractivity contribution in [2.24, 2.45) is 0 Å². The molecular formula is C26H30N2O4S. The molecule has 33 heavy (non-hydrogen) atoms. The number of ether oxygens (including phenoxy) is 1. The fraction of sp³-hybridized carbons (Fsp3) is 0.269. The Hall–Kier alpha value is -3.16. The van der Waals surface area contributed by atoms with Crippen LogP contribution < -0.4 is 14.8 Å². The third kappa shape index (κ3) is 7.17. The van der Waals surface area contributed by atoms with Crippen LogP contribution in [0.2, 0.25) is 0 Å². The number of hydrogen-bond acceptors (Lipinski definition) is 4. The number of nitrogens with one attached hydrogen (secondary N) is 2. The van der Waals surface area contributed by atoms with Gasteiger partial charge in [0.2, 0.25) is 10.0 Å². The fourth-order valence-corrected chi connectivity index (χ4v) is 4.71. The topological polar surface area (TPSA) is 84.5 Å². The predicted octanol–water partition coefficient (Wildman–Crippen LogP) is 3.97. The molecule has 7 heteroatoms. The second-order valence-electron chi connectivity index (χ2n) is 7.90. The SMILES string of the molecule is COc1ccc(C(=O)NC(C)CCc2ccccc2)cc1S(=O)(=O)NCCc1ccccc1. The number of rotatable bonds is 11. The lowest BCUT2D eigenvalue weighted by atomic mass is 10.1. The second-order valence-corrected chi connectivity index (χ2v) is 9.63. The molecule has 3 aromatic rings. The summed E-state index contributed by atoms with van der Waals surface area (Å²) in [5.74, 6) is -0.130. The van der Waals surface area contributed by atoms with Crippen LogP contribution >= 0.6 is 0 Å². The van der Waals surface area contributed by atoms with Crippen LogP contribution in [-0.4, -0.2) is 34.0 Å². The average Bonchev–Trinajstić information content (AvgIpc) is 2.83. The zero-order valence-corrected chi connectivity index (χ0v) is 19.8. The first-order valence-electron chi connectivity index (χ1n) is 11.0. The smallest absolute Gasteiger partial charge is 0.251 e. The van der Waals surface area contributed by atoms with Gasteiger partial charge >= 0.3 is 0 Å².